The molecule has 0 fully saturated rings. The quantitative estimate of drug-likeness (QED) is 0.438. The van der Waals surface area contributed by atoms with Crippen LogP contribution in [-0.4, -0.2) is 35.4 Å². The van der Waals surface area contributed by atoms with Crippen LogP contribution in [-0.2, 0) is 19.9 Å². The molecule has 2 N–H and O–H groups in total. The Hall–Kier alpha value is -2.01. The number of guanidine groups is 1. The van der Waals surface area contributed by atoms with Crippen LogP contribution in [0.5, 0.6) is 0 Å². The van der Waals surface area contributed by atoms with Gasteiger partial charge in [0.2, 0.25) is 0 Å². The standard InChI is InChI=1S/C18H26ClN5/c1-3-20-18(21-11-6-7-15-13-23-24(2)14-15)22-12-10-16-8-4-5-9-17(16)19/h4-5,8-9,13-14H,3,6-7,10-12H2,1-2H3,(H2,20,21,22). The van der Waals surface area contributed by atoms with Gasteiger partial charge in [0.1, 0.15) is 0 Å². The first-order chi connectivity index (χ1) is 11.7. The van der Waals surface area contributed by atoms with E-state index in [2.05, 4.69) is 39.9 Å². The lowest BCUT2D eigenvalue weighted by molar-refractivity contribution is 0.763. The Bertz CT molecular complexity index is 650. The van der Waals surface area contributed by atoms with Gasteiger partial charge in [-0.3, -0.25) is 9.67 Å². The Morgan fingerprint density at radius 1 is 1.25 bits per heavy atom. The molecule has 5 nitrogen and oxygen atoms in total. The molecule has 130 valence electrons. The first-order valence-corrected chi connectivity index (χ1v) is 8.80. The van der Waals surface area contributed by atoms with Gasteiger partial charge in [0.05, 0.1) is 6.20 Å². The van der Waals surface area contributed by atoms with E-state index in [1.165, 1.54) is 5.56 Å². The van der Waals surface area contributed by atoms with E-state index < -0.39 is 0 Å². The number of hydrogen-bond donors (Lipinski definition) is 2. The lowest BCUT2D eigenvalue weighted by atomic mass is 10.1. The highest BCUT2D eigenvalue weighted by molar-refractivity contribution is 6.31. The van der Waals surface area contributed by atoms with Crippen LogP contribution in [0.25, 0.3) is 0 Å². The molecule has 0 amide bonds. The molecule has 0 radical (unpaired) electrons. The Balaban J connectivity index is 1.74. The van der Waals surface area contributed by atoms with Crippen LogP contribution in [0.15, 0.2) is 41.7 Å². The molecule has 2 rings (SSSR count). The van der Waals surface area contributed by atoms with E-state index in [4.69, 9.17) is 11.6 Å². The Morgan fingerprint density at radius 3 is 2.79 bits per heavy atom. The molecule has 1 aromatic heterocycles. The van der Waals surface area contributed by atoms with Gasteiger partial charge in [-0.1, -0.05) is 29.8 Å². The van der Waals surface area contributed by atoms with E-state index in [1.54, 1.807) is 0 Å². The van der Waals surface area contributed by atoms with Crippen molar-refractivity contribution in [2.75, 3.05) is 19.6 Å². The third-order valence-corrected chi connectivity index (χ3v) is 4.01. The molecule has 0 bridgehead atoms. The van der Waals surface area contributed by atoms with E-state index in [0.29, 0.717) is 0 Å². The summed E-state index contributed by atoms with van der Waals surface area (Å²) in [6, 6.07) is 7.95. The minimum atomic E-state index is 0.788. The van der Waals surface area contributed by atoms with Crippen molar-refractivity contribution in [3.63, 3.8) is 0 Å². The van der Waals surface area contributed by atoms with Crippen LogP contribution >= 0.6 is 11.6 Å². The molecular weight excluding hydrogens is 322 g/mol. The van der Waals surface area contributed by atoms with Crippen LogP contribution in [0.2, 0.25) is 5.02 Å². The molecule has 0 saturated heterocycles. The zero-order valence-corrected chi connectivity index (χ0v) is 15.2. The number of nitrogens with zero attached hydrogens (tertiary/aromatic N) is 3. The van der Waals surface area contributed by atoms with Crippen LogP contribution in [0.1, 0.15) is 24.5 Å². The molecule has 24 heavy (non-hydrogen) atoms. The summed E-state index contributed by atoms with van der Waals surface area (Å²) in [4.78, 5) is 4.62. The summed E-state index contributed by atoms with van der Waals surface area (Å²) in [5, 5.41) is 11.6. The van der Waals surface area contributed by atoms with Crippen molar-refractivity contribution in [3.8, 4) is 0 Å². The summed E-state index contributed by atoms with van der Waals surface area (Å²) in [7, 11) is 1.94. The Morgan fingerprint density at radius 2 is 2.08 bits per heavy atom. The first kappa shape index (κ1) is 18.3. The summed E-state index contributed by atoms with van der Waals surface area (Å²) in [6.07, 6.45) is 6.84. The fourth-order valence-electron chi connectivity index (χ4n) is 2.43. The Kier molecular flexibility index (Phi) is 7.62. The molecule has 2 aromatic rings. The fourth-order valence-corrected chi connectivity index (χ4v) is 2.66. The highest BCUT2D eigenvalue weighted by atomic mass is 35.5. The van der Waals surface area contributed by atoms with Crippen LogP contribution in [0.3, 0.4) is 0 Å². The predicted molar refractivity (Wildman–Crippen MR) is 101 cm³/mol. The summed E-state index contributed by atoms with van der Waals surface area (Å²) < 4.78 is 1.83. The minimum absolute atomic E-state index is 0.788. The van der Waals surface area contributed by atoms with E-state index >= 15 is 0 Å². The average molecular weight is 348 g/mol. The molecule has 0 unspecified atom stereocenters. The molecule has 0 aliphatic carbocycles. The average Bonchev–Trinajstić information content (AvgIpc) is 2.98. The molecule has 1 aromatic carbocycles. The summed E-state index contributed by atoms with van der Waals surface area (Å²) in [6.45, 7) is 4.51. The molecule has 6 heteroatoms. The van der Waals surface area contributed by atoms with Gasteiger partial charge in [0.25, 0.3) is 0 Å². The normalized spacial score (nSPS) is 11.5. The predicted octanol–water partition coefficient (Wildman–Crippen LogP) is 2.80. The third-order valence-electron chi connectivity index (χ3n) is 3.64. The van der Waals surface area contributed by atoms with Crippen LogP contribution in [0.4, 0.5) is 0 Å². The van der Waals surface area contributed by atoms with E-state index in [0.717, 1.165) is 55.4 Å². The van der Waals surface area contributed by atoms with Gasteiger partial charge in [-0.05, 0) is 43.4 Å². The molecule has 1 heterocycles. The number of nitrogens with one attached hydrogen (secondary N) is 2. The first-order valence-electron chi connectivity index (χ1n) is 8.42. The van der Waals surface area contributed by atoms with Crippen molar-refractivity contribution >= 4 is 17.6 Å². The number of aryl methyl sites for hydroxylation is 2. The lowest BCUT2D eigenvalue weighted by Crippen LogP contribution is -2.38. The molecular formula is C18H26ClN5. The van der Waals surface area contributed by atoms with Gasteiger partial charge < -0.3 is 10.6 Å². The van der Waals surface area contributed by atoms with Crippen molar-refractivity contribution in [2.24, 2.45) is 12.0 Å². The van der Waals surface area contributed by atoms with Gasteiger partial charge in [-0.25, -0.2) is 0 Å². The van der Waals surface area contributed by atoms with Crippen molar-refractivity contribution in [3.05, 3.63) is 52.8 Å². The zero-order chi connectivity index (χ0) is 17.2. The van der Waals surface area contributed by atoms with Gasteiger partial charge >= 0.3 is 0 Å². The van der Waals surface area contributed by atoms with E-state index in [1.807, 2.05) is 36.1 Å². The van der Waals surface area contributed by atoms with Gasteiger partial charge in [-0.15, -0.1) is 0 Å². The SMILES string of the molecule is CCNC(=NCCCc1cnn(C)c1)NCCc1ccccc1Cl. The second kappa shape index (κ2) is 9.98. The van der Waals surface area contributed by atoms with Crippen molar-refractivity contribution in [2.45, 2.75) is 26.2 Å². The van der Waals surface area contributed by atoms with E-state index in [9.17, 15) is 0 Å². The van der Waals surface area contributed by atoms with Gasteiger partial charge in [0.15, 0.2) is 5.96 Å². The zero-order valence-electron chi connectivity index (χ0n) is 14.4. The minimum Gasteiger partial charge on any atom is -0.357 e. The Labute approximate surface area is 149 Å². The topological polar surface area (TPSA) is 54.2 Å². The highest BCUT2D eigenvalue weighted by Gasteiger charge is 2.01. The number of rotatable bonds is 8. The second-order valence-electron chi connectivity index (χ2n) is 5.65. The van der Waals surface area contributed by atoms with Gasteiger partial charge in [-0.2, -0.15) is 5.10 Å². The number of aromatic nitrogens is 2. The largest absolute Gasteiger partial charge is 0.357 e. The molecule has 0 aliphatic heterocycles. The monoisotopic (exact) mass is 347 g/mol. The maximum absolute atomic E-state index is 6.18. The number of halogens is 1. The smallest absolute Gasteiger partial charge is 0.191 e. The molecule has 0 atom stereocenters. The fraction of sp³-hybridized carbons (Fsp3) is 0.444. The van der Waals surface area contributed by atoms with Crippen molar-refractivity contribution in [1.82, 2.24) is 20.4 Å². The number of benzene rings is 1. The van der Waals surface area contributed by atoms with Crippen molar-refractivity contribution < 1.29 is 0 Å². The molecule has 0 aliphatic rings. The summed E-state index contributed by atoms with van der Waals surface area (Å²) >= 11 is 6.18. The number of hydrogen-bond acceptors (Lipinski definition) is 2. The third kappa shape index (κ3) is 6.24. The highest BCUT2D eigenvalue weighted by Crippen LogP contribution is 2.14. The lowest BCUT2D eigenvalue weighted by Gasteiger charge is -2.11. The molecule has 0 spiro atoms. The van der Waals surface area contributed by atoms with Crippen LogP contribution < -0.4 is 10.6 Å². The molecule has 0 saturated carbocycles. The van der Waals surface area contributed by atoms with Crippen molar-refractivity contribution in [1.29, 1.82) is 0 Å². The van der Waals surface area contributed by atoms with E-state index in [-0.39, 0.29) is 0 Å². The summed E-state index contributed by atoms with van der Waals surface area (Å²) in [5.41, 5.74) is 2.41. The van der Waals surface area contributed by atoms with Crippen LogP contribution in [0, 0.1) is 0 Å². The van der Waals surface area contributed by atoms with Gasteiger partial charge in [0, 0.05) is 37.9 Å². The maximum atomic E-state index is 6.18. The second-order valence-corrected chi connectivity index (χ2v) is 6.06. The number of aliphatic imine (C=N–C) groups is 1. The maximum Gasteiger partial charge on any atom is 0.191 e. The summed E-state index contributed by atoms with van der Waals surface area (Å²) in [5.74, 6) is 0.857.